The summed E-state index contributed by atoms with van der Waals surface area (Å²) in [6, 6.07) is 9.18. The van der Waals surface area contributed by atoms with E-state index in [1.54, 1.807) is 0 Å². The smallest absolute Gasteiger partial charge is 0.270 e. The van der Waals surface area contributed by atoms with E-state index in [0.717, 1.165) is 16.5 Å². The molecule has 0 saturated heterocycles. The van der Waals surface area contributed by atoms with Gasteiger partial charge in [-0.15, -0.1) is 0 Å². The third kappa shape index (κ3) is 4.10. The highest BCUT2D eigenvalue weighted by atomic mass is 16.4. The van der Waals surface area contributed by atoms with Crippen LogP contribution in [0.3, 0.4) is 0 Å². The van der Waals surface area contributed by atoms with Crippen LogP contribution in [0, 0.1) is 17.2 Å². The maximum atomic E-state index is 12.1. The molecule has 0 bridgehead atoms. The molecular formula is C17H20N4O2. The van der Waals surface area contributed by atoms with Gasteiger partial charge in [0.05, 0.1) is 6.07 Å². The Bertz CT molecular complexity index is 755. The summed E-state index contributed by atoms with van der Waals surface area (Å²) in [4.78, 5) is 15.3. The molecule has 23 heavy (non-hydrogen) atoms. The van der Waals surface area contributed by atoms with Gasteiger partial charge in [0.2, 0.25) is 0 Å². The summed E-state index contributed by atoms with van der Waals surface area (Å²) < 4.78 is 0. The van der Waals surface area contributed by atoms with E-state index in [1.165, 1.54) is 0 Å². The van der Waals surface area contributed by atoms with E-state index >= 15 is 0 Å². The summed E-state index contributed by atoms with van der Waals surface area (Å²) in [6.07, 6.45) is 2.58. The molecule has 1 amide bonds. The summed E-state index contributed by atoms with van der Waals surface area (Å²) in [5.74, 6) is -0.326. The number of carbonyl (C=O) groups is 1. The summed E-state index contributed by atoms with van der Waals surface area (Å²) in [7, 11) is 0. The van der Waals surface area contributed by atoms with Gasteiger partial charge in [0.15, 0.2) is 0 Å². The van der Waals surface area contributed by atoms with Crippen LogP contribution < -0.4 is 5.32 Å². The van der Waals surface area contributed by atoms with Crippen LogP contribution in [0.2, 0.25) is 0 Å². The molecule has 0 saturated carbocycles. The van der Waals surface area contributed by atoms with E-state index in [1.807, 2.05) is 44.3 Å². The van der Waals surface area contributed by atoms with Crippen LogP contribution in [0.5, 0.6) is 0 Å². The van der Waals surface area contributed by atoms with Crippen molar-refractivity contribution < 1.29 is 10.0 Å². The SMILES string of the molecule is CC(C)CC(=NO)C(=O)NC(C#N)Cc1c[nH]c2ccccc12. The highest BCUT2D eigenvalue weighted by Crippen LogP contribution is 2.19. The van der Waals surface area contributed by atoms with Crippen LogP contribution >= 0.6 is 0 Å². The fourth-order valence-corrected chi connectivity index (χ4v) is 2.46. The summed E-state index contributed by atoms with van der Waals surface area (Å²) in [5, 5.41) is 25.0. The number of carbonyl (C=O) groups excluding carboxylic acids is 1. The molecule has 120 valence electrons. The molecule has 1 heterocycles. The van der Waals surface area contributed by atoms with Gasteiger partial charge < -0.3 is 15.5 Å². The highest BCUT2D eigenvalue weighted by molar-refractivity contribution is 6.38. The van der Waals surface area contributed by atoms with E-state index in [-0.39, 0.29) is 11.6 Å². The van der Waals surface area contributed by atoms with Crippen molar-refractivity contribution in [2.24, 2.45) is 11.1 Å². The number of nitriles is 1. The predicted molar refractivity (Wildman–Crippen MR) is 88.2 cm³/mol. The largest absolute Gasteiger partial charge is 0.410 e. The van der Waals surface area contributed by atoms with Crippen molar-refractivity contribution in [1.29, 1.82) is 5.26 Å². The van der Waals surface area contributed by atoms with Gasteiger partial charge in [-0.25, -0.2) is 0 Å². The molecule has 3 N–H and O–H groups in total. The Kier molecular flexibility index (Phi) is 5.36. The average Bonchev–Trinajstić information content (AvgIpc) is 2.94. The Balaban J connectivity index is 2.09. The first kappa shape index (κ1) is 16.6. The highest BCUT2D eigenvalue weighted by Gasteiger charge is 2.19. The van der Waals surface area contributed by atoms with Crippen LogP contribution in [0.15, 0.2) is 35.6 Å². The third-order valence-electron chi connectivity index (χ3n) is 3.54. The average molecular weight is 312 g/mol. The van der Waals surface area contributed by atoms with E-state index < -0.39 is 11.9 Å². The number of hydrogen-bond acceptors (Lipinski definition) is 4. The standard InChI is InChI=1S/C17H20N4O2/c1-11(2)7-16(21-23)17(22)20-13(9-18)8-12-10-19-15-6-4-3-5-14(12)15/h3-6,10-11,13,19,23H,7-8H2,1-2H3,(H,20,22). The lowest BCUT2D eigenvalue weighted by Gasteiger charge is -2.13. The van der Waals surface area contributed by atoms with E-state index in [9.17, 15) is 10.1 Å². The van der Waals surface area contributed by atoms with Crippen LogP contribution in [0.25, 0.3) is 10.9 Å². The topological polar surface area (TPSA) is 101 Å². The predicted octanol–water partition coefficient (Wildman–Crippen LogP) is 2.60. The number of fused-ring (bicyclic) bond motifs is 1. The number of rotatable bonds is 6. The van der Waals surface area contributed by atoms with E-state index in [2.05, 4.69) is 21.5 Å². The van der Waals surface area contributed by atoms with Crippen molar-refractivity contribution in [2.75, 3.05) is 0 Å². The van der Waals surface area contributed by atoms with Gasteiger partial charge in [-0.05, 0) is 17.5 Å². The molecule has 0 aliphatic heterocycles. The number of nitrogens with zero attached hydrogens (tertiary/aromatic N) is 2. The van der Waals surface area contributed by atoms with Crippen molar-refractivity contribution in [3.63, 3.8) is 0 Å². The van der Waals surface area contributed by atoms with Gasteiger partial charge in [0.25, 0.3) is 5.91 Å². The fraction of sp³-hybridized carbons (Fsp3) is 0.353. The summed E-state index contributed by atoms with van der Waals surface area (Å²) >= 11 is 0. The number of H-pyrrole nitrogens is 1. The van der Waals surface area contributed by atoms with Crippen molar-refractivity contribution in [3.8, 4) is 6.07 Å². The molecule has 0 aliphatic carbocycles. The van der Waals surface area contributed by atoms with Crippen molar-refractivity contribution in [2.45, 2.75) is 32.7 Å². The number of nitrogens with one attached hydrogen (secondary N) is 2. The number of oxime groups is 1. The number of benzene rings is 1. The third-order valence-corrected chi connectivity index (χ3v) is 3.54. The molecular weight excluding hydrogens is 292 g/mol. The van der Waals surface area contributed by atoms with Crippen molar-refractivity contribution >= 4 is 22.5 Å². The zero-order valence-corrected chi connectivity index (χ0v) is 13.2. The lowest BCUT2D eigenvalue weighted by Crippen LogP contribution is -2.40. The molecule has 2 aromatic rings. The number of aromatic amines is 1. The van der Waals surface area contributed by atoms with Gasteiger partial charge in [0, 0.05) is 29.9 Å². The quantitative estimate of drug-likeness (QED) is 0.434. The second-order valence-corrected chi connectivity index (χ2v) is 5.86. The second-order valence-electron chi connectivity index (χ2n) is 5.86. The minimum Gasteiger partial charge on any atom is -0.410 e. The summed E-state index contributed by atoms with van der Waals surface area (Å²) in [6.45, 7) is 3.85. The first-order valence-electron chi connectivity index (χ1n) is 7.51. The molecule has 1 atom stereocenters. The number of hydrogen-bond donors (Lipinski definition) is 3. The Morgan fingerprint density at radius 3 is 2.83 bits per heavy atom. The first-order chi connectivity index (χ1) is 11.0. The molecule has 6 nitrogen and oxygen atoms in total. The second kappa shape index (κ2) is 7.45. The minimum atomic E-state index is -0.689. The number of para-hydroxylation sites is 1. The van der Waals surface area contributed by atoms with Gasteiger partial charge in [-0.1, -0.05) is 37.2 Å². The Morgan fingerprint density at radius 2 is 2.17 bits per heavy atom. The van der Waals surface area contributed by atoms with Crippen LogP contribution in [-0.4, -0.2) is 27.9 Å². The molecule has 0 spiro atoms. The lowest BCUT2D eigenvalue weighted by molar-refractivity contribution is -0.115. The summed E-state index contributed by atoms with van der Waals surface area (Å²) in [5.41, 5.74) is 1.99. The molecule has 1 aromatic heterocycles. The van der Waals surface area contributed by atoms with Crippen LogP contribution in [0.1, 0.15) is 25.8 Å². The fourth-order valence-electron chi connectivity index (χ4n) is 2.46. The van der Waals surface area contributed by atoms with Gasteiger partial charge in [-0.2, -0.15) is 5.26 Å². The zero-order valence-electron chi connectivity index (χ0n) is 13.2. The molecule has 0 fully saturated rings. The Labute approximate surface area is 134 Å². The molecule has 1 unspecified atom stereocenters. The van der Waals surface area contributed by atoms with Crippen LogP contribution in [0.4, 0.5) is 0 Å². The number of amides is 1. The monoisotopic (exact) mass is 312 g/mol. The zero-order chi connectivity index (χ0) is 16.8. The maximum Gasteiger partial charge on any atom is 0.270 e. The van der Waals surface area contributed by atoms with E-state index in [0.29, 0.717) is 12.8 Å². The normalized spacial score (nSPS) is 13.0. The first-order valence-corrected chi connectivity index (χ1v) is 7.51. The minimum absolute atomic E-state index is 0.0409. The molecule has 1 aromatic carbocycles. The van der Waals surface area contributed by atoms with E-state index in [4.69, 9.17) is 5.21 Å². The van der Waals surface area contributed by atoms with Gasteiger partial charge in [0.1, 0.15) is 11.8 Å². The molecule has 0 radical (unpaired) electrons. The van der Waals surface area contributed by atoms with Crippen molar-refractivity contribution in [3.05, 3.63) is 36.0 Å². The van der Waals surface area contributed by atoms with Crippen LogP contribution in [-0.2, 0) is 11.2 Å². The van der Waals surface area contributed by atoms with Gasteiger partial charge >= 0.3 is 0 Å². The number of aromatic nitrogens is 1. The Hall–Kier alpha value is -2.81. The lowest BCUT2D eigenvalue weighted by atomic mass is 10.0. The Morgan fingerprint density at radius 1 is 1.43 bits per heavy atom. The molecule has 6 heteroatoms. The molecule has 2 rings (SSSR count). The van der Waals surface area contributed by atoms with Gasteiger partial charge in [-0.3, -0.25) is 4.79 Å². The van der Waals surface area contributed by atoms with Crippen molar-refractivity contribution in [1.82, 2.24) is 10.3 Å². The maximum absolute atomic E-state index is 12.1. The molecule has 0 aliphatic rings.